The van der Waals surface area contributed by atoms with Crippen LogP contribution in [0.4, 0.5) is 0 Å². The van der Waals surface area contributed by atoms with Gasteiger partial charge < -0.3 is 5.11 Å². The van der Waals surface area contributed by atoms with E-state index in [-0.39, 0.29) is 15.6 Å². The predicted molar refractivity (Wildman–Crippen MR) is 71.8 cm³/mol. The third-order valence-corrected chi connectivity index (χ3v) is 4.14. The average Bonchev–Trinajstić information content (AvgIpc) is 2.27. The number of nitrogens with zero attached hydrogens (tertiary/aromatic N) is 1. The van der Waals surface area contributed by atoms with Crippen molar-refractivity contribution in [2.75, 3.05) is 6.26 Å². The molecule has 1 aromatic heterocycles. The zero-order chi connectivity index (χ0) is 14.4. The maximum absolute atomic E-state index is 11.6. The number of carbonyl (C=O) groups is 1. The molecule has 5 nitrogen and oxygen atoms in total. The molecule has 100 valence electrons. The Hall–Kier alpha value is -1.37. The van der Waals surface area contributed by atoms with E-state index >= 15 is 0 Å². The first kappa shape index (κ1) is 14.0. The van der Waals surface area contributed by atoms with Crippen molar-refractivity contribution in [1.29, 1.82) is 0 Å². The first-order valence-corrected chi connectivity index (χ1v) is 7.58. The van der Waals surface area contributed by atoms with E-state index in [1.807, 2.05) is 0 Å². The van der Waals surface area contributed by atoms with Gasteiger partial charge in [0.1, 0.15) is 0 Å². The summed E-state index contributed by atoms with van der Waals surface area (Å²) in [6.45, 7) is 0. The highest BCUT2D eigenvalue weighted by Crippen LogP contribution is 2.29. The topological polar surface area (TPSA) is 84.3 Å². The minimum Gasteiger partial charge on any atom is -0.478 e. The summed E-state index contributed by atoms with van der Waals surface area (Å²) in [4.78, 5) is 15.0. The molecule has 0 spiro atoms. The number of rotatable bonds is 2. The predicted octanol–water partition coefficient (Wildman–Crippen LogP) is 2.64. The summed E-state index contributed by atoms with van der Waals surface area (Å²) in [5.74, 6) is -1.37. The number of carboxylic acids is 1. The maximum atomic E-state index is 11.6. The largest absolute Gasteiger partial charge is 0.478 e. The second-order valence-corrected chi connectivity index (χ2v) is 6.62. The van der Waals surface area contributed by atoms with Crippen molar-refractivity contribution in [3.8, 4) is 0 Å². The fraction of sp³-hybridized carbons (Fsp3) is 0.0909. The van der Waals surface area contributed by atoms with Crippen LogP contribution in [0.2, 0.25) is 10.0 Å². The summed E-state index contributed by atoms with van der Waals surface area (Å²) in [7, 11) is -3.76. The second kappa shape index (κ2) is 4.63. The van der Waals surface area contributed by atoms with Crippen molar-refractivity contribution in [3.05, 3.63) is 33.8 Å². The van der Waals surface area contributed by atoms with E-state index in [0.29, 0.717) is 5.39 Å². The molecule has 1 heterocycles. The quantitative estimate of drug-likeness (QED) is 0.919. The van der Waals surface area contributed by atoms with E-state index in [1.165, 1.54) is 18.2 Å². The van der Waals surface area contributed by atoms with E-state index in [0.717, 1.165) is 6.26 Å². The number of pyridine rings is 1. The maximum Gasteiger partial charge on any atom is 0.338 e. The molecule has 0 fully saturated rings. The van der Waals surface area contributed by atoms with Gasteiger partial charge in [-0.1, -0.05) is 23.2 Å². The Bertz CT molecular complexity index is 802. The van der Waals surface area contributed by atoms with E-state index in [1.54, 1.807) is 0 Å². The number of sulfone groups is 1. The van der Waals surface area contributed by atoms with Crippen molar-refractivity contribution in [2.24, 2.45) is 0 Å². The Kier molecular flexibility index (Phi) is 3.42. The Morgan fingerprint density at radius 2 is 1.79 bits per heavy atom. The molecule has 8 heteroatoms. The number of fused-ring (bicyclic) bond motifs is 1. The highest BCUT2D eigenvalue weighted by molar-refractivity contribution is 7.90. The molecule has 0 aliphatic rings. The molecule has 2 aromatic rings. The van der Waals surface area contributed by atoms with Gasteiger partial charge in [-0.2, -0.15) is 0 Å². The first-order chi connectivity index (χ1) is 8.70. The highest BCUT2D eigenvalue weighted by atomic mass is 35.5. The van der Waals surface area contributed by atoms with Gasteiger partial charge in [0.2, 0.25) is 0 Å². The van der Waals surface area contributed by atoms with Crippen LogP contribution < -0.4 is 0 Å². The number of benzene rings is 1. The third-order valence-electron chi connectivity index (χ3n) is 2.40. The van der Waals surface area contributed by atoms with Gasteiger partial charge in [0.25, 0.3) is 0 Å². The van der Waals surface area contributed by atoms with Gasteiger partial charge >= 0.3 is 5.97 Å². The van der Waals surface area contributed by atoms with Crippen LogP contribution in [0.1, 0.15) is 10.4 Å². The van der Waals surface area contributed by atoms with Gasteiger partial charge in [0.05, 0.1) is 21.1 Å². The molecule has 0 amide bonds. The van der Waals surface area contributed by atoms with Gasteiger partial charge in [0, 0.05) is 11.6 Å². The van der Waals surface area contributed by atoms with Crippen LogP contribution in [0.15, 0.2) is 23.2 Å². The third kappa shape index (κ3) is 2.65. The number of aromatic nitrogens is 1. The lowest BCUT2D eigenvalue weighted by molar-refractivity contribution is 0.0692. The molecule has 0 saturated heterocycles. The molecule has 1 aromatic carbocycles. The SMILES string of the molecule is CS(=O)(=O)c1nc2cc(Cl)c(Cl)cc2cc1C(=O)O. The minimum atomic E-state index is -3.76. The summed E-state index contributed by atoms with van der Waals surface area (Å²) < 4.78 is 23.1. The lowest BCUT2D eigenvalue weighted by atomic mass is 10.1. The smallest absolute Gasteiger partial charge is 0.338 e. The minimum absolute atomic E-state index is 0.212. The number of aromatic carboxylic acids is 1. The molecule has 0 aliphatic heterocycles. The van der Waals surface area contributed by atoms with Crippen LogP contribution in [-0.2, 0) is 9.84 Å². The van der Waals surface area contributed by atoms with Crippen LogP contribution in [-0.4, -0.2) is 30.7 Å². The van der Waals surface area contributed by atoms with E-state index in [2.05, 4.69) is 4.98 Å². The summed E-state index contributed by atoms with van der Waals surface area (Å²) in [6.07, 6.45) is 0.894. The van der Waals surface area contributed by atoms with E-state index in [9.17, 15) is 13.2 Å². The molecule has 0 aliphatic carbocycles. The zero-order valence-corrected chi connectivity index (χ0v) is 11.8. The lowest BCUT2D eigenvalue weighted by Gasteiger charge is -2.07. The molecular weight excluding hydrogens is 313 g/mol. The van der Waals surface area contributed by atoms with Crippen molar-refractivity contribution in [2.45, 2.75) is 5.03 Å². The van der Waals surface area contributed by atoms with Crippen LogP contribution in [0.3, 0.4) is 0 Å². The molecular formula is C11H7Cl2NO4S. The Labute approximate surface area is 118 Å². The van der Waals surface area contributed by atoms with Gasteiger partial charge in [-0.3, -0.25) is 0 Å². The molecule has 2 rings (SSSR count). The molecule has 0 bridgehead atoms. The van der Waals surface area contributed by atoms with E-state index in [4.69, 9.17) is 28.3 Å². The van der Waals surface area contributed by atoms with Crippen molar-refractivity contribution in [1.82, 2.24) is 4.98 Å². The van der Waals surface area contributed by atoms with Crippen molar-refractivity contribution >= 4 is 49.9 Å². The normalized spacial score (nSPS) is 11.7. The molecule has 19 heavy (non-hydrogen) atoms. The lowest BCUT2D eigenvalue weighted by Crippen LogP contribution is -2.10. The fourth-order valence-corrected chi connectivity index (χ4v) is 2.73. The van der Waals surface area contributed by atoms with Crippen molar-refractivity contribution < 1.29 is 18.3 Å². The zero-order valence-electron chi connectivity index (χ0n) is 9.52. The highest BCUT2D eigenvalue weighted by Gasteiger charge is 2.21. The first-order valence-electron chi connectivity index (χ1n) is 4.93. The Morgan fingerprint density at radius 1 is 1.21 bits per heavy atom. The summed E-state index contributed by atoms with van der Waals surface area (Å²) in [5.41, 5.74) is -0.131. The van der Waals surface area contributed by atoms with Gasteiger partial charge in [0.15, 0.2) is 14.9 Å². The number of halogens is 2. The van der Waals surface area contributed by atoms with Crippen LogP contribution in [0.25, 0.3) is 10.9 Å². The molecule has 0 radical (unpaired) electrons. The number of hydrogen-bond acceptors (Lipinski definition) is 4. The standard InChI is InChI=1S/C11H7Cl2NO4S/c1-19(17,18)10-6(11(15)16)2-5-3-7(12)8(13)4-9(5)14-10/h2-4H,1H3,(H,15,16). The molecule has 0 saturated carbocycles. The Balaban J connectivity index is 2.92. The molecule has 0 atom stereocenters. The second-order valence-electron chi connectivity index (χ2n) is 3.88. The number of carboxylic acid groups (broad SMARTS) is 1. The van der Waals surface area contributed by atoms with Crippen LogP contribution in [0, 0.1) is 0 Å². The van der Waals surface area contributed by atoms with Gasteiger partial charge in [-0.05, 0) is 18.2 Å². The molecule has 1 N–H and O–H groups in total. The average molecular weight is 320 g/mol. The number of hydrogen-bond donors (Lipinski definition) is 1. The summed E-state index contributed by atoms with van der Waals surface area (Å²) >= 11 is 11.6. The molecule has 0 unspecified atom stereocenters. The van der Waals surface area contributed by atoms with Gasteiger partial charge in [-0.25, -0.2) is 18.2 Å². The summed E-state index contributed by atoms with van der Waals surface area (Å²) in [6, 6.07) is 4.04. The Morgan fingerprint density at radius 3 is 2.32 bits per heavy atom. The summed E-state index contributed by atoms with van der Waals surface area (Å²) in [5, 5.41) is 9.40. The fourth-order valence-electron chi connectivity index (χ4n) is 1.59. The van der Waals surface area contributed by atoms with Crippen LogP contribution in [0.5, 0.6) is 0 Å². The van der Waals surface area contributed by atoms with Crippen LogP contribution >= 0.6 is 23.2 Å². The van der Waals surface area contributed by atoms with Gasteiger partial charge in [-0.15, -0.1) is 0 Å². The van der Waals surface area contributed by atoms with E-state index < -0.39 is 26.4 Å². The monoisotopic (exact) mass is 319 g/mol. The van der Waals surface area contributed by atoms with Crippen molar-refractivity contribution in [3.63, 3.8) is 0 Å².